The fraction of sp³-hybridized carbons (Fsp3) is 0.929. The van der Waals surface area contributed by atoms with Gasteiger partial charge >= 0.3 is 0 Å². The number of carbonyl (C=O) groups excluding carboxylic acids is 1. The molecule has 1 saturated heterocycles. The van der Waals surface area contributed by atoms with Gasteiger partial charge in [0.25, 0.3) is 0 Å². The summed E-state index contributed by atoms with van der Waals surface area (Å²) in [6.07, 6.45) is 1.78. The number of piperidine rings is 1. The van der Waals surface area contributed by atoms with Crippen LogP contribution in [0.15, 0.2) is 0 Å². The molecule has 0 bridgehead atoms. The van der Waals surface area contributed by atoms with Gasteiger partial charge in [-0.3, -0.25) is 4.79 Å². The van der Waals surface area contributed by atoms with E-state index in [0.717, 1.165) is 19.5 Å². The summed E-state index contributed by atoms with van der Waals surface area (Å²) in [6.45, 7) is 12.9. The molecule has 2 N–H and O–H groups in total. The van der Waals surface area contributed by atoms with E-state index in [0.29, 0.717) is 24.3 Å². The molecule has 1 aliphatic heterocycles. The highest BCUT2D eigenvalue weighted by atomic mass is 35.5. The average Bonchev–Trinajstić information content (AvgIpc) is 2.20. The SMILES string of the molecule is CC1CCNCC1NC(=O)CC(C)C(C)(C)C.Cl. The first-order chi connectivity index (χ1) is 7.80. The van der Waals surface area contributed by atoms with Crippen LogP contribution in [0.1, 0.15) is 47.5 Å². The Labute approximate surface area is 118 Å². The minimum absolute atomic E-state index is 0. The molecule has 0 aromatic heterocycles. The minimum Gasteiger partial charge on any atom is -0.352 e. The molecule has 108 valence electrons. The molecule has 3 nitrogen and oxygen atoms in total. The van der Waals surface area contributed by atoms with Crippen molar-refractivity contribution in [1.29, 1.82) is 0 Å². The van der Waals surface area contributed by atoms with Crippen LogP contribution >= 0.6 is 12.4 Å². The van der Waals surface area contributed by atoms with Crippen molar-refractivity contribution in [2.24, 2.45) is 17.3 Å². The molecular weight excluding hydrogens is 248 g/mol. The van der Waals surface area contributed by atoms with Crippen molar-refractivity contribution in [2.75, 3.05) is 13.1 Å². The van der Waals surface area contributed by atoms with Crippen LogP contribution in [-0.2, 0) is 4.79 Å². The number of amides is 1. The van der Waals surface area contributed by atoms with E-state index >= 15 is 0 Å². The van der Waals surface area contributed by atoms with Crippen molar-refractivity contribution in [2.45, 2.75) is 53.5 Å². The molecule has 0 saturated carbocycles. The van der Waals surface area contributed by atoms with Gasteiger partial charge in [-0.25, -0.2) is 0 Å². The normalized spacial score (nSPS) is 26.1. The van der Waals surface area contributed by atoms with Gasteiger partial charge in [0, 0.05) is 19.0 Å². The quantitative estimate of drug-likeness (QED) is 0.832. The number of rotatable bonds is 3. The average molecular weight is 277 g/mol. The van der Waals surface area contributed by atoms with E-state index in [1.165, 1.54) is 0 Å². The number of nitrogens with one attached hydrogen (secondary N) is 2. The molecule has 1 aliphatic rings. The Morgan fingerprint density at radius 1 is 1.44 bits per heavy atom. The fourth-order valence-electron chi connectivity index (χ4n) is 2.03. The third kappa shape index (κ3) is 5.57. The summed E-state index contributed by atoms with van der Waals surface area (Å²) in [6, 6.07) is 0.309. The Balaban J connectivity index is 0.00000289. The first-order valence-electron chi connectivity index (χ1n) is 6.80. The number of hydrogen-bond acceptors (Lipinski definition) is 2. The number of carbonyl (C=O) groups is 1. The molecule has 0 aromatic rings. The van der Waals surface area contributed by atoms with Crippen molar-refractivity contribution < 1.29 is 4.79 Å². The zero-order chi connectivity index (χ0) is 13.1. The Bertz CT molecular complexity index is 263. The fourth-order valence-corrected chi connectivity index (χ4v) is 2.03. The largest absolute Gasteiger partial charge is 0.352 e. The van der Waals surface area contributed by atoms with Crippen LogP contribution in [0.2, 0.25) is 0 Å². The van der Waals surface area contributed by atoms with Crippen molar-refractivity contribution >= 4 is 18.3 Å². The Kier molecular flexibility index (Phi) is 7.23. The molecule has 0 aromatic carbocycles. The first kappa shape index (κ1) is 17.7. The maximum atomic E-state index is 12.0. The van der Waals surface area contributed by atoms with Crippen LogP contribution in [-0.4, -0.2) is 25.0 Å². The summed E-state index contributed by atoms with van der Waals surface area (Å²) in [5.74, 6) is 1.20. The molecule has 3 atom stereocenters. The molecule has 0 aliphatic carbocycles. The molecule has 1 amide bonds. The maximum absolute atomic E-state index is 12.0. The first-order valence-corrected chi connectivity index (χ1v) is 6.80. The van der Waals surface area contributed by atoms with Crippen LogP contribution in [0.25, 0.3) is 0 Å². The summed E-state index contributed by atoms with van der Waals surface area (Å²) >= 11 is 0. The second-order valence-electron chi connectivity index (χ2n) is 6.62. The standard InChI is InChI=1S/C14H28N2O.ClH/c1-10-6-7-15-9-12(10)16-13(17)8-11(2)14(3,4)5;/h10-12,15H,6-9H2,1-5H3,(H,16,17);1H. The van der Waals surface area contributed by atoms with E-state index in [1.54, 1.807) is 0 Å². The van der Waals surface area contributed by atoms with Gasteiger partial charge in [-0.15, -0.1) is 12.4 Å². The Morgan fingerprint density at radius 3 is 2.56 bits per heavy atom. The predicted octanol–water partition coefficient (Wildman–Crippen LogP) is 2.59. The van der Waals surface area contributed by atoms with Crippen LogP contribution in [0, 0.1) is 17.3 Å². The Hall–Kier alpha value is -0.280. The zero-order valence-electron chi connectivity index (χ0n) is 12.4. The van der Waals surface area contributed by atoms with Gasteiger partial charge in [0.05, 0.1) is 0 Å². The van der Waals surface area contributed by atoms with E-state index < -0.39 is 0 Å². The lowest BCUT2D eigenvalue weighted by molar-refractivity contribution is -0.123. The molecule has 4 heteroatoms. The molecule has 1 fully saturated rings. The van der Waals surface area contributed by atoms with Gasteiger partial charge in [-0.2, -0.15) is 0 Å². The second kappa shape index (κ2) is 7.34. The lowest BCUT2D eigenvalue weighted by Gasteiger charge is -2.32. The molecule has 3 unspecified atom stereocenters. The topological polar surface area (TPSA) is 41.1 Å². The van der Waals surface area contributed by atoms with Crippen LogP contribution < -0.4 is 10.6 Å². The monoisotopic (exact) mass is 276 g/mol. The maximum Gasteiger partial charge on any atom is 0.220 e. The van der Waals surface area contributed by atoms with Crippen molar-refractivity contribution in [3.05, 3.63) is 0 Å². The molecule has 1 heterocycles. The second-order valence-corrected chi connectivity index (χ2v) is 6.62. The van der Waals surface area contributed by atoms with Gasteiger partial charge in [-0.05, 0) is 30.2 Å². The van der Waals surface area contributed by atoms with Gasteiger partial charge < -0.3 is 10.6 Å². The molecular formula is C14H29ClN2O. The van der Waals surface area contributed by atoms with Crippen molar-refractivity contribution in [3.63, 3.8) is 0 Å². The minimum atomic E-state index is 0. The van der Waals surface area contributed by atoms with Crippen molar-refractivity contribution in [3.8, 4) is 0 Å². The van der Waals surface area contributed by atoms with Gasteiger partial charge in [0.15, 0.2) is 0 Å². The van der Waals surface area contributed by atoms with Crippen molar-refractivity contribution in [1.82, 2.24) is 10.6 Å². The third-order valence-electron chi connectivity index (χ3n) is 4.14. The lowest BCUT2D eigenvalue weighted by atomic mass is 9.80. The smallest absolute Gasteiger partial charge is 0.220 e. The summed E-state index contributed by atoms with van der Waals surface area (Å²) < 4.78 is 0. The van der Waals surface area contributed by atoms with Gasteiger partial charge in [0.2, 0.25) is 5.91 Å². The van der Waals surface area contributed by atoms with E-state index in [4.69, 9.17) is 0 Å². The van der Waals surface area contributed by atoms with Crippen LogP contribution in [0.5, 0.6) is 0 Å². The highest BCUT2D eigenvalue weighted by Gasteiger charge is 2.26. The van der Waals surface area contributed by atoms with E-state index in [-0.39, 0.29) is 23.7 Å². The zero-order valence-corrected chi connectivity index (χ0v) is 13.2. The van der Waals surface area contributed by atoms with E-state index in [1.807, 2.05) is 0 Å². The lowest BCUT2D eigenvalue weighted by Crippen LogP contribution is -2.50. The number of hydrogen-bond donors (Lipinski definition) is 2. The molecule has 1 rings (SSSR count). The summed E-state index contributed by atoms with van der Waals surface area (Å²) in [4.78, 5) is 12.0. The Morgan fingerprint density at radius 2 is 2.06 bits per heavy atom. The van der Waals surface area contributed by atoms with E-state index in [2.05, 4.69) is 45.3 Å². The van der Waals surface area contributed by atoms with Crippen LogP contribution in [0.4, 0.5) is 0 Å². The summed E-state index contributed by atoms with van der Waals surface area (Å²) in [5.41, 5.74) is 0.202. The summed E-state index contributed by atoms with van der Waals surface area (Å²) in [7, 11) is 0. The molecule has 0 spiro atoms. The predicted molar refractivity (Wildman–Crippen MR) is 79.1 cm³/mol. The van der Waals surface area contributed by atoms with E-state index in [9.17, 15) is 4.79 Å². The van der Waals surface area contributed by atoms with Gasteiger partial charge in [-0.1, -0.05) is 34.6 Å². The summed E-state index contributed by atoms with van der Waals surface area (Å²) in [5, 5.41) is 6.51. The molecule has 0 radical (unpaired) electrons. The van der Waals surface area contributed by atoms with Crippen LogP contribution in [0.3, 0.4) is 0 Å². The van der Waals surface area contributed by atoms with Gasteiger partial charge in [0.1, 0.15) is 0 Å². The number of halogens is 1. The highest BCUT2D eigenvalue weighted by molar-refractivity contribution is 5.85. The molecule has 18 heavy (non-hydrogen) atoms. The highest BCUT2D eigenvalue weighted by Crippen LogP contribution is 2.28. The third-order valence-corrected chi connectivity index (χ3v) is 4.14.